The van der Waals surface area contributed by atoms with E-state index in [4.69, 9.17) is 0 Å². The van der Waals surface area contributed by atoms with Crippen LogP contribution >= 0.6 is 11.5 Å². The van der Waals surface area contributed by atoms with Crippen LogP contribution in [0.2, 0.25) is 0 Å². The zero-order chi connectivity index (χ0) is 15.9. The van der Waals surface area contributed by atoms with Crippen molar-refractivity contribution in [1.29, 1.82) is 0 Å². The number of anilines is 2. The van der Waals surface area contributed by atoms with Gasteiger partial charge in [-0.25, -0.2) is 9.97 Å². The van der Waals surface area contributed by atoms with E-state index in [9.17, 15) is 4.79 Å². The Hall–Kier alpha value is -2.29. The molecule has 0 atom stereocenters. The maximum atomic E-state index is 11.9. The molecule has 0 aliphatic rings. The number of nitrogens with one attached hydrogen (secondary N) is 3. The maximum Gasteiger partial charge on any atom is 0.265 e. The van der Waals surface area contributed by atoms with Crippen molar-refractivity contribution in [3.8, 4) is 0 Å². The molecule has 0 unspecified atom stereocenters. The molecule has 2 aromatic heterocycles. The number of hydrogen-bond acceptors (Lipinski definition) is 8. The van der Waals surface area contributed by atoms with Gasteiger partial charge in [0, 0.05) is 25.7 Å². The molecule has 0 bridgehead atoms. The number of rotatable bonds is 7. The smallest absolute Gasteiger partial charge is 0.265 e. The van der Waals surface area contributed by atoms with Gasteiger partial charge in [0.1, 0.15) is 22.3 Å². The second-order valence-corrected chi connectivity index (χ2v) is 5.34. The summed E-state index contributed by atoms with van der Waals surface area (Å²) >= 11 is 1.10. The first-order valence-corrected chi connectivity index (χ1v) is 7.78. The molecule has 3 N–H and O–H groups in total. The minimum Gasteiger partial charge on any atom is -0.370 e. The van der Waals surface area contributed by atoms with Gasteiger partial charge in [-0.3, -0.25) is 4.79 Å². The highest BCUT2D eigenvalue weighted by molar-refractivity contribution is 7.07. The number of hydrogen-bond donors (Lipinski definition) is 3. The summed E-state index contributed by atoms with van der Waals surface area (Å²) < 4.78 is 3.75. The molecule has 118 valence electrons. The summed E-state index contributed by atoms with van der Waals surface area (Å²) in [6.07, 6.45) is 0. The Bertz CT molecular complexity index is 643. The average Bonchev–Trinajstić information content (AvgIpc) is 2.89. The molecule has 2 aromatic rings. The van der Waals surface area contributed by atoms with Crippen molar-refractivity contribution in [2.24, 2.45) is 0 Å². The first-order valence-electron chi connectivity index (χ1n) is 7.00. The molecule has 0 fully saturated rings. The zero-order valence-corrected chi connectivity index (χ0v) is 13.6. The van der Waals surface area contributed by atoms with Crippen LogP contribution in [-0.2, 0) is 0 Å². The second-order valence-electron chi connectivity index (χ2n) is 4.59. The Kier molecular flexibility index (Phi) is 5.59. The van der Waals surface area contributed by atoms with Crippen LogP contribution in [0.25, 0.3) is 0 Å². The number of aromatic nitrogens is 4. The third kappa shape index (κ3) is 4.35. The number of carbonyl (C=O) groups excluding carboxylic acids is 1. The van der Waals surface area contributed by atoms with E-state index in [1.807, 2.05) is 19.9 Å². The van der Waals surface area contributed by atoms with Crippen molar-refractivity contribution >= 4 is 29.1 Å². The lowest BCUT2D eigenvalue weighted by molar-refractivity contribution is 0.0958. The van der Waals surface area contributed by atoms with Crippen LogP contribution in [0.4, 0.5) is 11.6 Å². The largest absolute Gasteiger partial charge is 0.370 e. The molecule has 8 nitrogen and oxygen atoms in total. The van der Waals surface area contributed by atoms with E-state index in [0.717, 1.165) is 29.7 Å². The van der Waals surface area contributed by atoms with Crippen LogP contribution in [-0.4, -0.2) is 45.1 Å². The fourth-order valence-corrected chi connectivity index (χ4v) is 2.39. The summed E-state index contributed by atoms with van der Waals surface area (Å²) in [6, 6.07) is 1.84. The Balaban J connectivity index is 1.81. The monoisotopic (exact) mass is 321 g/mol. The lowest BCUT2D eigenvalue weighted by atomic mass is 10.4. The summed E-state index contributed by atoms with van der Waals surface area (Å²) in [5.74, 6) is 2.05. The van der Waals surface area contributed by atoms with Crippen LogP contribution in [0.1, 0.15) is 28.1 Å². The first kappa shape index (κ1) is 16.1. The summed E-state index contributed by atoms with van der Waals surface area (Å²) in [5, 5.41) is 13.0. The molecule has 2 heterocycles. The molecule has 2 rings (SSSR count). The van der Waals surface area contributed by atoms with Crippen molar-refractivity contribution in [1.82, 2.24) is 24.9 Å². The van der Waals surface area contributed by atoms with Gasteiger partial charge in [-0.1, -0.05) is 4.49 Å². The second kappa shape index (κ2) is 7.64. The predicted octanol–water partition coefficient (Wildman–Crippen LogP) is 1.22. The third-order valence-corrected chi connectivity index (χ3v) is 3.60. The van der Waals surface area contributed by atoms with Crippen LogP contribution in [0.5, 0.6) is 0 Å². The summed E-state index contributed by atoms with van der Waals surface area (Å²) in [5.41, 5.74) is 0.650. The molecule has 0 aliphatic heterocycles. The highest BCUT2D eigenvalue weighted by Crippen LogP contribution is 2.10. The van der Waals surface area contributed by atoms with E-state index >= 15 is 0 Å². The molecule has 1 amide bonds. The van der Waals surface area contributed by atoms with E-state index < -0.39 is 0 Å². The molecule has 0 spiro atoms. The number of amides is 1. The summed E-state index contributed by atoms with van der Waals surface area (Å²) in [4.78, 5) is 21.0. The van der Waals surface area contributed by atoms with Gasteiger partial charge in [0.05, 0.1) is 5.69 Å². The standard InChI is InChI=1S/C13H19N7OS/c1-4-14-10-7-11(18-9(3)17-10)15-5-6-16-13(21)12-8(2)19-20-22-12/h7H,4-6H2,1-3H3,(H,16,21)(H2,14,15,17,18). The van der Waals surface area contributed by atoms with Gasteiger partial charge in [-0.05, 0) is 32.3 Å². The zero-order valence-electron chi connectivity index (χ0n) is 12.8. The number of carbonyl (C=O) groups is 1. The molecule has 0 radical (unpaired) electrons. The van der Waals surface area contributed by atoms with Gasteiger partial charge in [-0.15, -0.1) is 5.10 Å². The van der Waals surface area contributed by atoms with Crippen LogP contribution in [0, 0.1) is 13.8 Å². The molecule has 0 aliphatic carbocycles. The maximum absolute atomic E-state index is 11.9. The summed E-state index contributed by atoms with van der Waals surface area (Å²) in [7, 11) is 0. The fraction of sp³-hybridized carbons (Fsp3) is 0.462. The van der Waals surface area contributed by atoms with E-state index in [-0.39, 0.29) is 5.91 Å². The average molecular weight is 321 g/mol. The SMILES string of the molecule is CCNc1cc(NCCNC(=O)c2snnc2C)nc(C)n1. The molecule has 0 saturated carbocycles. The number of aryl methyl sites for hydroxylation is 2. The van der Waals surface area contributed by atoms with Crippen LogP contribution < -0.4 is 16.0 Å². The lowest BCUT2D eigenvalue weighted by Crippen LogP contribution is -2.28. The van der Waals surface area contributed by atoms with Crippen LogP contribution in [0.3, 0.4) is 0 Å². The van der Waals surface area contributed by atoms with Gasteiger partial charge in [0.25, 0.3) is 5.91 Å². The van der Waals surface area contributed by atoms with E-state index in [0.29, 0.717) is 29.5 Å². The minimum atomic E-state index is -0.151. The molecule has 9 heteroatoms. The predicted molar refractivity (Wildman–Crippen MR) is 86.4 cm³/mol. The topological polar surface area (TPSA) is 105 Å². The van der Waals surface area contributed by atoms with Crippen molar-refractivity contribution < 1.29 is 4.79 Å². The minimum absolute atomic E-state index is 0.151. The Morgan fingerprint density at radius 3 is 2.55 bits per heavy atom. The molecule has 0 aromatic carbocycles. The van der Waals surface area contributed by atoms with Gasteiger partial charge in [-0.2, -0.15) is 0 Å². The Morgan fingerprint density at radius 2 is 1.91 bits per heavy atom. The fourth-order valence-electron chi connectivity index (χ4n) is 1.82. The van der Waals surface area contributed by atoms with Gasteiger partial charge < -0.3 is 16.0 Å². The van der Waals surface area contributed by atoms with E-state index in [1.165, 1.54) is 0 Å². The third-order valence-electron chi connectivity index (χ3n) is 2.77. The van der Waals surface area contributed by atoms with Crippen molar-refractivity contribution in [3.63, 3.8) is 0 Å². The number of nitrogens with zero attached hydrogens (tertiary/aromatic N) is 4. The van der Waals surface area contributed by atoms with E-state index in [2.05, 4.69) is 35.5 Å². The van der Waals surface area contributed by atoms with Crippen molar-refractivity contribution in [3.05, 3.63) is 22.5 Å². The molecule has 0 saturated heterocycles. The molecule has 22 heavy (non-hydrogen) atoms. The highest BCUT2D eigenvalue weighted by atomic mass is 32.1. The highest BCUT2D eigenvalue weighted by Gasteiger charge is 2.12. The van der Waals surface area contributed by atoms with Crippen LogP contribution in [0.15, 0.2) is 6.07 Å². The van der Waals surface area contributed by atoms with E-state index in [1.54, 1.807) is 6.92 Å². The van der Waals surface area contributed by atoms with Crippen molar-refractivity contribution in [2.75, 3.05) is 30.3 Å². The normalized spacial score (nSPS) is 10.3. The van der Waals surface area contributed by atoms with Gasteiger partial charge in [0.2, 0.25) is 0 Å². The Morgan fingerprint density at radius 1 is 1.18 bits per heavy atom. The van der Waals surface area contributed by atoms with Gasteiger partial charge in [0.15, 0.2) is 0 Å². The van der Waals surface area contributed by atoms with Crippen molar-refractivity contribution in [2.45, 2.75) is 20.8 Å². The molecular weight excluding hydrogens is 302 g/mol. The summed E-state index contributed by atoms with van der Waals surface area (Å²) in [6.45, 7) is 7.47. The Labute approximate surface area is 132 Å². The van der Waals surface area contributed by atoms with Gasteiger partial charge >= 0.3 is 0 Å². The quantitative estimate of drug-likeness (QED) is 0.658. The molecular formula is C13H19N7OS. The first-order chi connectivity index (χ1) is 10.6. The lowest BCUT2D eigenvalue weighted by Gasteiger charge is -2.09.